The molecule has 1 N–H and O–H groups in total. The van der Waals surface area contributed by atoms with Gasteiger partial charge in [-0.2, -0.15) is 11.8 Å². The third kappa shape index (κ3) is 1.93. The first-order valence-corrected chi connectivity index (χ1v) is 6.92. The van der Waals surface area contributed by atoms with E-state index < -0.39 is 5.54 Å². The Morgan fingerprint density at radius 2 is 2.31 bits per heavy atom. The molecule has 0 aliphatic carbocycles. The van der Waals surface area contributed by atoms with Crippen LogP contribution in [0.25, 0.3) is 0 Å². The predicted octanol–water partition coefficient (Wildman–Crippen LogP) is 0.619. The predicted molar refractivity (Wildman–Crippen MR) is 64.3 cm³/mol. The second-order valence-electron chi connectivity index (χ2n) is 4.68. The molecule has 2 fully saturated rings. The van der Waals surface area contributed by atoms with Crippen molar-refractivity contribution in [2.75, 3.05) is 18.1 Å². The number of thioether (sulfide) groups is 1. The van der Waals surface area contributed by atoms with E-state index in [1.54, 1.807) is 4.90 Å². The van der Waals surface area contributed by atoms with Crippen molar-refractivity contribution in [3.63, 3.8) is 0 Å². The summed E-state index contributed by atoms with van der Waals surface area (Å²) < 4.78 is 0. The van der Waals surface area contributed by atoms with Crippen LogP contribution in [-0.4, -0.2) is 46.3 Å². The number of piperazine rings is 1. The van der Waals surface area contributed by atoms with Gasteiger partial charge in [-0.25, -0.2) is 0 Å². The first-order valence-electron chi connectivity index (χ1n) is 5.76. The quantitative estimate of drug-likeness (QED) is 0.772. The molecule has 0 radical (unpaired) electrons. The van der Waals surface area contributed by atoms with Crippen molar-refractivity contribution in [1.82, 2.24) is 10.2 Å². The second-order valence-corrected chi connectivity index (χ2v) is 5.83. The number of nitrogens with one attached hydrogen (secondary N) is 1. The summed E-state index contributed by atoms with van der Waals surface area (Å²) in [7, 11) is 0. The highest BCUT2D eigenvalue weighted by Crippen LogP contribution is 2.27. The zero-order valence-electron chi connectivity index (χ0n) is 9.78. The van der Waals surface area contributed by atoms with Crippen LogP contribution >= 0.6 is 11.8 Å². The largest absolute Gasteiger partial charge is 0.340 e. The SMILES string of the molecule is CCC1(C)NC(=O)CN(C2CCSC2)C1=O. The summed E-state index contributed by atoms with van der Waals surface area (Å²) in [6, 6.07) is 0.259. The number of carbonyl (C=O) groups is 2. The van der Waals surface area contributed by atoms with Crippen molar-refractivity contribution >= 4 is 23.6 Å². The Kier molecular flexibility index (Phi) is 3.15. The average Bonchev–Trinajstić information content (AvgIpc) is 2.76. The summed E-state index contributed by atoms with van der Waals surface area (Å²) in [6.45, 7) is 3.99. The summed E-state index contributed by atoms with van der Waals surface area (Å²) >= 11 is 1.86. The second kappa shape index (κ2) is 4.28. The van der Waals surface area contributed by atoms with Gasteiger partial charge >= 0.3 is 0 Å². The monoisotopic (exact) mass is 242 g/mol. The Hall–Kier alpha value is -0.710. The standard InChI is InChI=1S/C11H18N2O2S/c1-3-11(2)10(15)13(6-9(14)12-11)8-4-5-16-7-8/h8H,3-7H2,1-2H3,(H,12,14). The van der Waals surface area contributed by atoms with Gasteiger partial charge in [-0.3, -0.25) is 9.59 Å². The lowest BCUT2D eigenvalue weighted by molar-refractivity contribution is -0.151. The molecule has 2 rings (SSSR count). The maximum atomic E-state index is 12.3. The Bertz CT molecular complexity index is 315. The Morgan fingerprint density at radius 3 is 2.88 bits per heavy atom. The Morgan fingerprint density at radius 1 is 1.56 bits per heavy atom. The van der Waals surface area contributed by atoms with Gasteiger partial charge in [-0.05, 0) is 25.5 Å². The highest BCUT2D eigenvalue weighted by Gasteiger charge is 2.44. The van der Waals surface area contributed by atoms with E-state index in [9.17, 15) is 9.59 Å². The molecule has 0 aromatic heterocycles. The number of hydrogen-bond donors (Lipinski definition) is 1. The molecule has 2 atom stereocenters. The van der Waals surface area contributed by atoms with Gasteiger partial charge < -0.3 is 10.2 Å². The van der Waals surface area contributed by atoms with Crippen LogP contribution in [0, 0.1) is 0 Å². The summed E-state index contributed by atoms with van der Waals surface area (Å²) in [5, 5.41) is 2.81. The van der Waals surface area contributed by atoms with Gasteiger partial charge in [0.15, 0.2) is 0 Å². The van der Waals surface area contributed by atoms with Crippen molar-refractivity contribution in [2.45, 2.75) is 38.3 Å². The maximum absolute atomic E-state index is 12.3. The summed E-state index contributed by atoms with van der Waals surface area (Å²) in [4.78, 5) is 25.7. The zero-order valence-corrected chi connectivity index (χ0v) is 10.6. The Balaban J connectivity index is 2.18. The molecule has 5 heteroatoms. The Labute approximate surface area is 100 Å². The maximum Gasteiger partial charge on any atom is 0.248 e. The molecular formula is C11H18N2O2S. The van der Waals surface area contributed by atoms with Gasteiger partial charge in [-0.15, -0.1) is 0 Å². The van der Waals surface area contributed by atoms with E-state index in [1.165, 1.54) is 0 Å². The van der Waals surface area contributed by atoms with Gasteiger partial charge in [0.25, 0.3) is 0 Å². The van der Waals surface area contributed by atoms with Crippen LogP contribution in [0.15, 0.2) is 0 Å². The van der Waals surface area contributed by atoms with E-state index in [2.05, 4.69) is 5.32 Å². The topological polar surface area (TPSA) is 49.4 Å². The minimum absolute atomic E-state index is 0.0270. The van der Waals surface area contributed by atoms with Gasteiger partial charge in [0, 0.05) is 11.8 Å². The van der Waals surface area contributed by atoms with Crippen molar-refractivity contribution in [3.8, 4) is 0 Å². The zero-order chi connectivity index (χ0) is 11.8. The minimum Gasteiger partial charge on any atom is -0.340 e. The lowest BCUT2D eigenvalue weighted by Gasteiger charge is -2.41. The first-order chi connectivity index (χ1) is 7.57. The van der Waals surface area contributed by atoms with Gasteiger partial charge in [0.05, 0.1) is 6.54 Å². The molecule has 0 saturated carbocycles. The van der Waals surface area contributed by atoms with Crippen LogP contribution in [0.3, 0.4) is 0 Å². The number of hydrogen-bond acceptors (Lipinski definition) is 3. The molecule has 2 heterocycles. The minimum atomic E-state index is -0.692. The van der Waals surface area contributed by atoms with Crippen LogP contribution in [0.1, 0.15) is 26.7 Å². The van der Waals surface area contributed by atoms with Gasteiger partial charge in [0.1, 0.15) is 5.54 Å². The molecule has 2 unspecified atom stereocenters. The molecule has 4 nitrogen and oxygen atoms in total. The molecule has 0 bridgehead atoms. The fourth-order valence-electron chi connectivity index (χ4n) is 2.25. The van der Waals surface area contributed by atoms with Crippen molar-refractivity contribution in [2.24, 2.45) is 0 Å². The molecule has 2 saturated heterocycles. The number of carbonyl (C=O) groups excluding carboxylic acids is 2. The van der Waals surface area contributed by atoms with E-state index in [-0.39, 0.29) is 24.4 Å². The summed E-state index contributed by atoms with van der Waals surface area (Å²) in [6.07, 6.45) is 1.66. The van der Waals surface area contributed by atoms with Crippen LogP contribution in [-0.2, 0) is 9.59 Å². The van der Waals surface area contributed by atoms with Crippen LogP contribution < -0.4 is 5.32 Å². The van der Waals surface area contributed by atoms with Gasteiger partial charge in [0.2, 0.25) is 11.8 Å². The molecule has 2 aliphatic rings. The number of nitrogens with zero attached hydrogens (tertiary/aromatic N) is 1. The van der Waals surface area contributed by atoms with E-state index in [0.717, 1.165) is 17.9 Å². The molecule has 2 amide bonds. The number of amides is 2. The molecule has 90 valence electrons. The molecule has 0 aromatic rings. The third-order valence-corrected chi connectivity index (χ3v) is 4.66. The summed E-state index contributed by atoms with van der Waals surface area (Å²) in [5.74, 6) is 2.13. The average molecular weight is 242 g/mol. The normalized spacial score (nSPS) is 35.4. The highest BCUT2D eigenvalue weighted by atomic mass is 32.2. The molecule has 2 aliphatic heterocycles. The fraction of sp³-hybridized carbons (Fsp3) is 0.818. The van der Waals surface area contributed by atoms with Crippen molar-refractivity contribution in [3.05, 3.63) is 0 Å². The van der Waals surface area contributed by atoms with E-state index >= 15 is 0 Å². The van der Waals surface area contributed by atoms with Crippen LogP contribution in [0.4, 0.5) is 0 Å². The first kappa shape index (κ1) is 11.8. The summed E-state index contributed by atoms with van der Waals surface area (Å²) in [5.41, 5.74) is -0.692. The van der Waals surface area contributed by atoms with E-state index in [1.807, 2.05) is 25.6 Å². The molecule has 16 heavy (non-hydrogen) atoms. The van der Waals surface area contributed by atoms with Crippen LogP contribution in [0.5, 0.6) is 0 Å². The van der Waals surface area contributed by atoms with Crippen molar-refractivity contribution < 1.29 is 9.59 Å². The van der Waals surface area contributed by atoms with E-state index in [0.29, 0.717) is 6.42 Å². The van der Waals surface area contributed by atoms with Crippen molar-refractivity contribution in [1.29, 1.82) is 0 Å². The smallest absolute Gasteiger partial charge is 0.248 e. The van der Waals surface area contributed by atoms with Gasteiger partial charge in [-0.1, -0.05) is 6.92 Å². The third-order valence-electron chi connectivity index (χ3n) is 3.52. The lowest BCUT2D eigenvalue weighted by Crippen LogP contribution is -2.66. The van der Waals surface area contributed by atoms with E-state index in [4.69, 9.17) is 0 Å². The molecule has 0 aromatic carbocycles. The highest BCUT2D eigenvalue weighted by molar-refractivity contribution is 7.99. The van der Waals surface area contributed by atoms with Crippen LogP contribution in [0.2, 0.25) is 0 Å². The fourth-order valence-corrected chi connectivity index (χ4v) is 3.47. The lowest BCUT2D eigenvalue weighted by atomic mass is 9.93. The molecular weight excluding hydrogens is 224 g/mol. The molecule has 0 spiro atoms. The number of rotatable bonds is 2.